The highest BCUT2D eigenvalue weighted by Crippen LogP contribution is 2.41. The zero-order valence-corrected chi connectivity index (χ0v) is 17.0. The topological polar surface area (TPSA) is 107 Å². The monoisotopic (exact) mass is 415 g/mol. The number of benzene rings is 2. The fourth-order valence-corrected chi connectivity index (χ4v) is 3.41. The van der Waals surface area contributed by atoms with E-state index in [-0.39, 0.29) is 11.3 Å². The first-order valence-electron chi connectivity index (χ1n) is 8.96. The van der Waals surface area contributed by atoms with Crippen molar-refractivity contribution in [3.05, 3.63) is 53.5 Å². The highest BCUT2D eigenvalue weighted by molar-refractivity contribution is 6.03. The summed E-state index contributed by atoms with van der Waals surface area (Å²) < 4.78 is 29.8. The molecule has 1 unspecified atom stereocenters. The van der Waals surface area contributed by atoms with Crippen molar-refractivity contribution in [2.24, 2.45) is 5.73 Å². The fourth-order valence-electron chi connectivity index (χ4n) is 3.41. The summed E-state index contributed by atoms with van der Waals surface area (Å²) in [5.41, 5.74) is 6.45. The lowest BCUT2D eigenvalue weighted by Gasteiger charge is -2.25. The summed E-state index contributed by atoms with van der Waals surface area (Å²) in [4.78, 5) is 29.4. The summed E-state index contributed by atoms with van der Waals surface area (Å²) in [5, 5.41) is 0.591. The van der Waals surface area contributed by atoms with Gasteiger partial charge in [-0.1, -0.05) is 12.1 Å². The van der Waals surface area contributed by atoms with Gasteiger partial charge in [-0.15, -0.1) is 0 Å². The van der Waals surface area contributed by atoms with Crippen molar-refractivity contribution < 1.29 is 28.2 Å². The first-order chi connectivity index (χ1) is 14.3. The van der Waals surface area contributed by atoms with E-state index in [9.17, 15) is 14.0 Å². The Balaban J connectivity index is 2.08. The van der Waals surface area contributed by atoms with Gasteiger partial charge in [0.15, 0.2) is 11.5 Å². The number of nitrogens with one attached hydrogen (secondary N) is 1. The first kappa shape index (κ1) is 21.0. The molecule has 2 amide bonds. The van der Waals surface area contributed by atoms with Gasteiger partial charge in [0.05, 0.1) is 26.8 Å². The number of amides is 2. The van der Waals surface area contributed by atoms with Crippen LogP contribution in [0.3, 0.4) is 0 Å². The van der Waals surface area contributed by atoms with Crippen LogP contribution in [0.4, 0.5) is 4.39 Å². The van der Waals surface area contributed by atoms with Crippen LogP contribution in [0, 0.1) is 5.82 Å². The number of fused-ring (bicyclic) bond motifs is 1. The predicted molar refractivity (Wildman–Crippen MR) is 108 cm³/mol. The van der Waals surface area contributed by atoms with E-state index in [1.807, 2.05) is 0 Å². The Labute approximate surface area is 172 Å². The summed E-state index contributed by atoms with van der Waals surface area (Å²) in [6, 6.07) is 7.46. The maximum absolute atomic E-state index is 13.7. The number of H-pyrrole nitrogens is 1. The van der Waals surface area contributed by atoms with Crippen LogP contribution < -0.4 is 19.9 Å². The molecule has 158 valence electrons. The van der Waals surface area contributed by atoms with Gasteiger partial charge in [0.1, 0.15) is 23.3 Å². The smallest absolute Gasteiger partial charge is 0.270 e. The van der Waals surface area contributed by atoms with Gasteiger partial charge in [-0.3, -0.25) is 9.59 Å². The Morgan fingerprint density at radius 1 is 1.07 bits per heavy atom. The fraction of sp³-hybridized carbons (Fsp3) is 0.238. The van der Waals surface area contributed by atoms with Crippen LogP contribution in [-0.4, -0.2) is 50.1 Å². The molecule has 3 N–H and O–H groups in total. The Morgan fingerprint density at radius 2 is 1.77 bits per heavy atom. The van der Waals surface area contributed by atoms with Gasteiger partial charge in [0.2, 0.25) is 5.91 Å². The number of carbonyl (C=O) groups is 2. The third-order valence-corrected chi connectivity index (χ3v) is 4.81. The van der Waals surface area contributed by atoms with E-state index in [1.165, 1.54) is 52.6 Å². The normalized spacial score (nSPS) is 11.8. The Kier molecular flexibility index (Phi) is 5.81. The molecule has 1 aromatic heterocycles. The van der Waals surface area contributed by atoms with Gasteiger partial charge in [0.25, 0.3) is 5.91 Å². The SMILES string of the molecule is COc1cc(OC)c2cc(C(=O)N(C)C(C(N)=O)c3cccc(F)c3)[nH]c2c1OC. The lowest BCUT2D eigenvalue weighted by Crippen LogP contribution is -2.39. The number of hydrogen-bond acceptors (Lipinski definition) is 5. The molecule has 0 saturated carbocycles. The van der Waals surface area contributed by atoms with Gasteiger partial charge in [-0.05, 0) is 23.8 Å². The lowest BCUT2D eigenvalue weighted by atomic mass is 10.0. The summed E-state index contributed by atoms with van der Waals surface area (Å²) in [5.74, 6) is -0.562. The van der Waals surface area contributed by atoms with E-state index in [2.05, 4.69) is 4.98 Å². The van der Waals surface area contributed by atoms with E-state index in [4.69, 9.17) is 19.9 Å². The Hall–Kier alpha value is -3.75. The molecule has 0 aliphatic carbocycles. The van der Waals surface area contributed by atoms with Gasteiger partial charge in [0, 0.05) is 18.5 Å². The molecule has 2 aromatic carbocycles. The molecular formula is C21H22FN3O5. The molecular weight excluding hydrogens is 393 g/mol. The lowest BCUT2D eigenvalue weighted by molar-refractivity contribution is -0.122. The van der Waals surface area contributed by atoms with E-state index in [1.54, 1.807) is 12.1 Å². The van der Waals surface area contributed by atoms with Gasteiger partial charge >= 0.3 is 0 Å². The molecule has 0 spiro atoms. The van der Waals surface area contributed by atoms with Crippen molar-refractivity contribution in [2.75, 3.05) is 28.4 Å². The van der Waals surface area contributed by atoms with Crippen LogP contribution in [-0.2, 0) is 4.79 Å². The van der Waals surface area contributed by atoms with E-state index >= 15 is 0 Å². The number of ether oxygens (including phenoxy) is 3. The number of aromatic amines is 1. The minimum Gasteiger partial charge on any atom is -0.496 e. The van der Waals surface area contributed by atoms with Crippen molar-refractivity contribution in [2.45, 2.75) is 6.04 Å². The molecule has 9 heteroatoms. The molecule has 3 aromatic rings. The molecule has 8 nitrogen and oxygen atoms in total. The molecule has 1 atom stereocenters. The third-order valence-electron chi connectivity index (χ3n) is 4.81. The van der Waals surface area contributed by atoms with Crippen LogP contribution in [0.5, 0.6) is 17.2 Å². The number of methoxy groups -OCH3 is 3. The number of rotatable bonds is 7. The van der Waals surface area contributed by atoms with Crippen LogP contribution in [0.2, 0.25) is 0 Å². The Bertz CT molecular complexity index is 1110. The molecule has 0 fully saturated rings. The van der Waals surface area contributed by atoms with E-state index < -0.39 is 23.7 Å². The van der Waals surface area contributed by atoms with Crippen molar-refractivity contribution in [1.29, 1.82) is 0 Å². The summed E-state index contributed by atoms with van der Waals surface area (Å²) in [6.07, 6.45) is 0. The maximum atomic E-state index is 13.7. The highest BCUT2D eigenvalue weighted by atomic mass is 19.1. The van der Waals surface area contributed by atoms with Crippen molar-refractivity contribution in [3.8, 4) is 17.2 Å². The van der Waals surface area contributed by atoms with Crippen molar-refractivity contribution >= 4 is 22.7 Å². The van der Waals surface area contributed by atoms with Crippen LogP contribution in [0.15, 0.2) is 36.4 Å². The number of aromatic nitrogens is 1. The molecule has 0 aliphatic rings. The second-order valence-corrected chi connectivity index (χ2v) is 6.56. The van der Waals surface area contributed by atoms with Crippen LogP contribution in [0.25, 0.3) is 10.9 Å². The molecule has 1 heterocycles. The van der Waals surface area contributed by atoms with Crippen molar-refractivity contribution in [3.63, 3.8) is 0 Å². The minimum absolute atomic E-state index is 0.167. The quantitative estimate of drug-likeness (QED) is 0.617. The highest BCUT2D eigenvalue weighted by Gasteiger charge is 2.29. The molecule has 0 radical (unpaired) electrons. The van der Waals surface area contributed by atoms with Crippen LogP contribution >= 0.6 is 0 Å². The molecule has 0 aliphatic heterocycles. The summed E-state index contributed by atoms with van der Waals surface area (Å²) >= 11 is 0. The van der Waals surface area contributed by atoms with Gasteiger partial charge < -0.3 is 29.8 Å². The van der Waals surface area contributed by atoms with Crippen molar-refractivity contribution in [1.82, 2.24) is 9.88 Å². The third kappa shape index (κ3) is 3.61. The predicted octanol–water partition coefficient (Wildman–Crippen LogP) is 2.63. The second-order valence-electron chi connectivity index (χ2n) is 6.56. The van der Waals surface area contributed by atoms with E-state index in [0.717, 1.165) is 4.90 Å². The summed E-state index contributed by atoms with van der Waals surface area (Å²) in [6.45, 7) is 0. The second kappa shape index (κ2) is 8.32. The molecule has 30 heavy (non-hydrogen) atoms. The van der Waals surface area contributed by atoms with Gasteiger partial charge in [-0.25, -0.2) is 4.39 Å². The Morgan fingerprint density at radius 3 is 2.33 bits per heavy atom. The zero-order chi connectivity index (χ0) is 22.0. The summed E-state index contributed by atoms with van der Waals surface area (Å²) in [7, 11) is 5.88. The number of nitrogens with two attached hydrogens (primary N) is 1. The largest absolute Gasteiger partial charge is 0.496 e. The van der Waals surface area contributed by atoms with Gasteiger partial charge in [-0.2, -0.15) is 0 Å². The number of primary amides is 1. The number of likely N-dealkylation sites (N-methyl/N-ethyl adjacent to an activating group) is 1. The molecule has 0 bridgehead atoms. The number of nitrogens with zero attached hydrogens (tertiary/aromatic N) is 1. The standard InChI is InChI=1S/C21H22FN3O5/c1-25(18(20(23)26)11-6-5-7-12(22)8-11)21(27)14-9-13-15(28-2)10-16(29-3)19(30-4)17(13)24-14/h5-10,18,24H,1-4H3,(H2,23,26). The maximum Gasteiger partial charge on any atom is 0.270 e. The number of hydrogen-bond donors (Lipinski definition) is 2. The van der Waals surface area contributed by atoms with Crippen LogP contribution in [0.1, 0.15) is 22.1 Å². The molecule has 0 saturated heterocycles. The number of carbonyl (C=O) groups excluding carboxylic acids is 2. The average molecular weight is 415 g/mol. The number of halogens is 1. The zero-order valence-electron chi connectivity index (χ0n) is 17.0. The first-order valence-corrected chi connectivity index (χ1v) is 8.96. The molecule has 3 rings (SSSR count). The average Bonchev–Trinajstić information content (AvgIpc) is 3.16. The minimum atomic E-state index is -1.15. The van der Waals surface area contributed by atoms with E-state index in [0.29, 0.717) is 28.2 Å².